The van der Waals surface area contributed by atoms with Gasteiger partial charge in [-0.3, -0.25) is 15.1 Å². The van der Waals surface area contributed by atoms with Crippen LogP contribution in [-0.2, 0) is 0 Å². The molecule has 1 aliphatic heterocycles. The Hall–Kier alpha value is -1.86. The van der Waals surface area contributed by atoms with E-state index in [2.05, 4.69) is 25.8 Å². The van der Waals surface area contributed by atoms with Crippen molar-refractivity contribution in [3.8, 4) is 0 Å². The molecular formula is C13H15N5OS. The highest BCUT2D eigenvalue weighted by atomic mass is 32.1. The molecular weight excluding hydrogens is 274 g/mol. The third kappa shape index (κ3) is 3.00. The number of carbonyl (C=O) groups is 1. The molecule has 3 heterocycles. The van der Waals surface area contributed by atoms with E-state index in [1.807, 2.05) is 0 Å². The average Bonchev–Trinajstić information content (AvgIpc) is 2.97. The minimum Gasteiger partial charge on any atom is -0.317 e. The van der Waals surface area contributed by atoms with Gasteiger partial charge in [0.15, 0.2) is 0 Å². The summed E-state index contributed by atoms with van der Waals surface area (Å²) in [6, 6.07) is 3.45. The summed E-state index contributed by atoms with van der Waals surface area (Å²) in [5, 5.41) is 15.9. The van der Waals surface area contributed by atoms with Crippen molar-refractivity contribution in [2.24, 2.45) is 0 Å². The molecule has 104 valence electrons. The van der Waals surface area contributed by atoms with Crippen molar-refractivity contribution in [2.45, 2.75) is 18.8 Å². The molecule has 0 saturated carbocycles. The van der Waals surface area contributed by atoms with Crippen molar-refractivity contribution in [1.29, 1.82) is 0 Å². The lowest BCUT2D eigenvalue weighted by atomic mass is 9.99. The lowest BCUT2D eigenvalue weighted by molar-refractivity contribution is 0.102. The zero-order chi connectivity index (χ0) is 13.8. The van der Waals surface area contributed by atoms with E-state index in [1.165, 1.54) is 17.5 Å². The van der Waals surface area contributed by atoms with E-state index in [4.69, 9.17) is 0 Å². The second-order valence-electron chi connectivity index (χ2n) is 4.67. The minimum atomic E-state index is -0.203. The standard InChI is InChI=1S/C13H15N5OS/c19-11(10-2-1-5-15-8-10)16-13-18-17-12(20-13)9-3-6-14-7-4-9/h1-2,5,8-9,14H,3-4,6-7H2,(H,16,18,19). The molecule has 0 atom stereocenters. The summed E-state index contributed by atoms with van der Waals surface area (Å²) in [4.78, 5) is 15.9. The highest BCUT2D eigenvalue weighted by Gasteiger charge is 2.20. The van der Waals surface area contributed by atoms with Gasteiger partial charge in [-0.05, 0) is 38.1 Å². The van der Waals surface area contributed by atoms with E-state index in [0.717, 1.165) is 30.9 Å². The van der Waals surface area contributed by atoms with E-state index in [-0.39, 0.29) is 5.91 Å². The Morgan fingerprint density at radius 3 is 2.95 bits per heavy atom. The molecule has 2 N–H and O–H groups in total. The zero-order valence-corrected chi connectivity index (χ0v) is 11.7. The molecule has 1 aliphatic rings. The Morgan fingerprint density at radius 2 is 2.20 bits per heavy atom. The van der Waals surface area contributed by atoms with Gasteiger partial charge in [0.05, 0.1) is 5.56 Å². The summed E-state index contributed by atoms with van der Waals surface area (Å²) in [6.45, 7) is 2.03. The van der Waals surface area contributed by atoms with Crippen LogP contribution in [0.4, 0.5) is 5.13 Å². The first-order chi connectivity index (χ1) is 9.83. The maximum atomic E-state index is 12.0. The van der Waals surface area contributed by atoms with Gasteiger partial charge in [0.1, 0.15) is 5.01 Å². The summed E-state index contributed by atoms with van der Waals surface area (Å²) in [6.07, 6.45) is 5.32. The van der Waals surface area contributed by atoms with Crippen molar-refractivity contribution >= 4 is 22.4 Å². The van der Waals surface area contributed by atoms with Crippen molar-refractivity contribution in [3.05, 3.63) is 35.1 Å². The largest absolute Gasteiger partial charge is 0.317 e. The first-order valence-electron chi connectivity index (χ1n) is 6.58. The summed E-state index contributed by atoms with van der Waals surface area (Å²) in [7, 11) is 0. The van der Waals surface area contributed by atoms with Crippen molar-refractivity contribution in [3.63, 3.8) is 0 Å². The first kappa shape index (κ1) is 13.1. The molecule has 0 radical (unpaired) electrons. The minimum absolute atomic E-state index is 0.203. The zero-order valence-electron chi connectivity index (χ0n) is 10.9. The van der Waals surface area contributed by atoms with Gasteiger partial charge in [-0.1, -0.05) is 11.3 Å². The summed E-state index contributed by atoms with van der Waals surface area (Å²) in [5.74, 6) is 0.254. The topological polar surface area (TPSA) is 79.8 Å². The third-order valence-corrected chi connectivity index (χ3v) is 4.27. The number of hydrogen-bond donors (Lipinski definition) is 2. The van der Waals surface area contributed by atoms with Gasteiger partial charge in [0.2, 0.25) is 5.13 Å². The number of aromatic nitrogens is 3. The predicted octanol–water partition coefficient (Wildman–Crippen LogP) is 1.65. The molecule has 20 heavy (non-hydrogen) atoms. The first-order valence-corrected chi connectivity index (χ1v) is 7.40. The number of piperidine rings is 1. The number of nitrogens with zero attached hydrogens (tertiary/aromatic N) is 3. The molecule has 0 aliphatic carbocycles. The molecule has 0 aromatic carbocycles. The van der Waals surface area contributed by atoms with Gasteiger partial charge >= 0.3 is 0 Å². The van der Waals surface area contributed by atoms with Gasteiger partial charge in [-0.25, -0.2) is 0 Å². The van der Waals surface area contributed by atoms with E-state index in [0.29, 0.717) is 16.6 Å². The number of pyridine rings is 1. The number of rotatable bonds is 3. The monoisotopic (exact) mass is 289 g/mol. The normalized spacial score (nSPS) is 16.0. The number of anilines is 1. The highest BCUT2D eigenvalue weighted by molar-refractivity contribution is 7.15. The summed E-state index contributed by atoms with van der Waals surface area (Å²) < 4.78 is 0. The van der Waals surface area contributed by atoms with Crippen LogP contribution in [-0.4, -0.2) is 34.2 Å². The van der Waals surface area contributed by atoms with Crippen LogP contribution in [0.2, 0.25) is 0 Å². The summed E-state index contributed by atoms with van der Waals surface area (Å²) in [5.41, 5.74) is 0.520. The Morgan fingerprint density at radius 1 is 1.35 bits per heavy atom. The SMILES string of the molecule is O=C(Nc1nnc(C2CCNCC2)s1)c1cccnc1. The Kier molecular flexibility index (Phi) is 3.98. The van der Waals surface area contributed by atoms with E-state index in [9.17, 15) is 4.79 Å². The van der Waals surface area contributed by atoms with Crippen LogP contribution in [0.1, 0.15) is 34.1 Å². The van der Waals surface area contributed by atoms with Crippen LogP contribution in [0.3, 0.4) is 0 Å². The van der Waals surface area contributed by atoms with Crippen LogP contribution >= 0.6 is 11.3 Å². The third-order valence-electron chi connectivity index (χ3n) is 3.27. The molecule has 0 unspecified atom stereocenters. The van der Waals surface area contributed by atoms with Crippen molar-refractivity contribution in [2.75, 3.05) is 18.4 Å². The average molecular weight is 289 g/mol. The maximum Gasteiger partial charge on any atom is 0.259 e. The quantitative estimate of drug-likeness (QED) is 0.898. The van der Waals surface area contributed by atoms with Crippen LogP contribution in [0.5, 0.6) is 0 Å². The molecule has 1 amide bonds. The van der Waals surface area contributed by atoms with Gasteiger partial charge in [0.25, 0.3) is 5.91 Å². The maximum absolute atomic E-state index is 12.0. The fourth-order valence-corrected chi connectivity index (χ4v) is 3.09. The molecule has 3 rings (SSSR count). The fourth-order valence-electron chi connectivity index (χ4n) is 2.19. The second kappa shape index (κ2) is 6.06. The summed E-state index contributed by atoms with van der Waals surface area (Å²) >= 11 is 1.46. The van der Waals surface area contributed by atoms with Gasteiger partial charge in [0, 0.05) is 18.3 Å². The lowest BCUT2D eigenvalue weighted by Crippen LogP contribution is -2.26. The Labute approximate surface area is 120 Å². The number of nitrogens with one attached hydrogen (secondary N) is 2. The number of carbonyl (C=O) groups excluding carboxylic acids is 1. The van der Waals surface area contributed by atoms with Gasteiger partial charge in [-0.2, -0.15) is 0 Å². The van der Waals surface area contributed by atoms with Gasteiger partial charge in [-0.15, -0.1) is 10.2 Å². The molecule has 1 saturated heterocycles. The lowest BCUT2D eigenvalue weighted by Gasteiger charge is -2.19. The molecule has 0 spiro atoms. The van der Waals surface area contributed by atoms with E-state index < -0.39 is 0 Å². The molecule has 2 aromatic rings. The van der Waals surface area contributed by atoms with Crippen LogP contribution in [0, 0.1) is 0 Å². The van der Waals surface area contributed by atoms with Gasteiger partial charge < -0.3 is 5.32 Å². The van der Waals surface area contributed by atoms with Crippen LogP contribution in [0.15, 0.2) is 24.5 Å². The molecule has 1 fully saturated rings. The Balaban J connectivity index is 1.66. The van der Waals surface area contributed by atoms with E-state index >= 15 is 0 Å². The molecule has 7 heteroatoms. The second-order valence-corrected chi connectivity index (χ2v) is 5.67. The highest BCUT2D eigenvalue weighted by Crippen LogP contribution is 2.29. The van der Waals surface area contributed by atoms with Crippen LogP contribution in [0.25, 0.3) is 0 Å². The molecule has 0 bridgehead atoms. The number of hydrogen-bond acceptors (Lipinski definition) is 6. The Bertz CT molecular complexity index is 579. The smallest absolute Gasteiger partial charge is 0.259 e. The van der Waals surface area contributed by atoms with Crippen molar-refractivity contribution in [1.82, 2.24) is 20.5 Å². The van der Waals surface area contributed by atoms with Crippen LogP contribution < -0.4 is 10.6 Å². The van der Waals surface area contributed by atoms with Crippen molar-refractivity contribution < 1.29 is 4.79 Å². The molecule has 6 nitrogen and oxygen atoms in total. The van der Waals surface area contributed by atoms with E-state index in [1.54, 1.807) is 18.3 Å². The molecule has 2 aromatic heterocycles. The number of amides is 1. The predicted molar refractivity (Wildman–Crippen MR) is 76.9 cm³/mol. The fraction of sp³-hybridized carbons (Fsp3) is 0.385.